The molecule has 1 amide bonds. The topological polar surface area (TPSA) is 94.2 Å². The molecule has 0 unspecified atom stereocenters. The van der Waals surface area contributed by atoms with Gasteiger partial charge in [0.05, 0.1) is 6.20 Å². The van der Waals surface area contributed by atoms with Crippen molar-refractivity contribution in [3.05, 3.63) is 93.0 Å². The van der Waals surface area contributed by atoms with Crippen molar-refractivity contribution in [1.82, 2.24) is 24.5 Å². The van der Waals surface area contributed by atoms with Gasteiger partial charge >= 0.3 is 0 Å². The highest BCUT2D eigenvalue weighted by Crippen LogP contribution is 2.25. The van der Waals surface area contributed by atoms with E-state index in [4.69, 9.17) is 23.2 Å². The molecule has 152 valence electrons. The van der Waals surface area contributed by atoms with Crippen LogP contribution >= 0.6 is 23.2 Å². The largest absolute Gasteiger partial charge is 0.299 e. The van der Waals surface area contributed by atoms with E-state index < -0.39 is 11.5 Å². The summed E-state index contributed by atoms with van der Waals surface area (Å²) in [5.74, 6) is -0.462. The smallest absolute Gasteiger partial charge is 0.267 e. The maximum Gasteiger partial charge on any atom is 0.299 e. The fraction of sp³-hybridized carbons (Fsp3) is 0. The minimum Gasteiger partial charge on any atom is -0.267 e. The Morgan fingerprint density at radius 2 is 1.58 bits per heavy atom. The first-order valence-electron chi connectivity index (χ1n) is 9.10. The molecule has 8 nitrogen and oxygen atoms in total. The summed E-state index contributed by atoms with van der Waals surface area (Å²) in [6, 6.07) is 15.2. The maximum atomic E-state index is 12.9. The molecule has 0 aliphatic heterocycles. The molecule has 0 aliphatic rings. The third-order valence-electron chi connectivity index (χ3n) is 4.75. The molecule has 0 bridgehead atoms. The van der Waals surface area contributed by atoms with Gasteiger partial charge in [-0.1, -0.05) is 35.3 Å². The number of nitrogens with zero attached hydrogens (tertiary/aromatic N) is 5. The number of pyridine rings is 1. The predicted molar refractivity (Wildman–Crippen MR) is 118 cm³/mol. The van der Waals surface area contributed by atoms with Crippen LogP contribution in [0.3, 0.4) is 0 Å². The van der Waals surface area contributed by atoms with Gasteiger partial charge in [-0.05, 0) is 48.0 Å². The highest BCUT2D eigenvalue weighted by molar-refractivity contribution is 6.31. The Hall–Kier alpha value is -3.75. The third kappa shape index (κ3) is 3.41. The second kappa shape index (κ2) is 7.50. The molecule has 5 rings (SSSR count). The highest BCUT2D eigenvalue weighted by atomic mass is 35.5. The Morgan fingerprint density at radius 1 is 0.903 bits per heavy atom. The summed E-state index contributed by atoms with van der Waals surface area (Å²) in [6.07, 6.45) is 3.10. The number of rotatable bonds is 3. The van der Waals surface area contributed by atoms with E-state index in [9.17, 15) is 9.59 Å². The fourth-order valence-electron chi connectivity index (χ4n) is 3.19. The molecule has 0 atom stereocenters. The lowest BCUT2D eigenvalue weighted by atomic mass is 10.1. The zero-order chi connectivity index (χ0) is 21.5. The van der Waals surface area contributed by atoms with Crippen LogP contribution < -0.4 is 11.0 Å². The normalized spacial score (nSPS) is 11.2. The molecular formula is C21H12Cl2N6O2. The average Bonchev–Trinajstić information content (AvgIpc) is 3.21. The monoisotopic (exact) mass is 450 g/mol. The van der Waals surface area contributed by atoms with Gasteiger partial charge in [0.1, 0.15) is 5.52 Å². The molecule has 0 radical (unpaired) electrons. The first-order chi connectivity index (χ1) is 15.0. The average molecular weight is 451 g/mol. The molecule has 1 N–H and O–H groups in total. The quantitative estimate of drug-likeness (QED) is 0.451. The summed E-state index contributed by atoms with van der Waals surface area (Å²) in [5, 5.41) is 13.8. The Bertz CT molecular complexity index is 1510. The minimum absolute atomic E-state index is 0.0668. The molecule has 3 aromatic heterocycles. The maximum absolute atomic E-state index is 12.9. The van der Waals surface area contributed by atoms with Crippen LogP contribution in [0.15, 0.2) is 71.8 Å². The van der Waals surface area contributed by atoms with Crippen LogP contribution in [-0.4, -0.2) is 30.4 Å². The van der Waals surface area contributed by atoms with Crippen molar-refractivity contribution in [2.45, 2.75) is 0 Å². The van der Waals surface area contributed by atoms with E-state index in [0.29, 0.717) is 26.8 Å². The Labute approximate surface area is 184 Å². The first kappa shape index (κ1) is 19.2. The molecule has 0 spiro atoms. The van der Waals surface area contributed by atoms with Gasteiger partial charge in [0.15, 0.2) is 11.2 Å². The summed E-state index contributed by atoms with van der Waals surface area (Å²) in [7, 11) is 0. The number of amides is 1. The van der Waals surface area contributed by atoms with Crippen LogP contribution in [0.5, 0.6) is 0 Å². The molecule has 0 saturated carbocycles. The van der Waals surface area contributed by atoms with Gasteiger partial charge in [0.2, 0.25) is 0 Å². The zero-order valence-electron chi connectivity index (χ0n) is 15.7. The Morgan fingerprint density at radius 3 is 2.29 bits per heavy atom. The lowest BCUT2D eigenvalue weighted by Gasteiger charge is -2.09. The van der Waals surface area contributed by atoms with E-state index in [-0.39, 0.29) is 5.52 Å². The summed E-state index contributed by atoms with van der Waals surface area (Å²) >= 11 is 11.8. The second-order valence-electron chi connectivity index (χ2n) is 6.67. The SMILES string of the molecule is O=C(Nn1ccc2c(nnc3c(-c4ccc(Cl)cc4)cnn32)c1=O)c1ccc(Cl)cc1. The third-order valence-corrected chi connectivity index (χ3v) is 5.25. The Balaban J connectivity index is 1.55. The van der Waals surface area contributed by atoms with E-state index in [1.165, 1.54) is 6.20 Å². The van der Waals surface area contributed by atoms with Crippen molar-refractivity contribution in [2.24, 2.45) is 0 Å². The van der Waals surface area contributed by atoms with Crippen molar-refractivity contribution < 1.29 is 4.79 Å². The van der Waals surface area contributed by atoms with Gasteiger partial charge < -0.3 is 0 Å². The van der Waals surface area contributed by atoms with Crippen LogP contribution in [0.25, 0.3) is 27.8 Å². The Kier molecular flexibility index (Phi) is 4.65. The van der Waals surface area contributed by atoms with Crippen LogP contribution in [0.2, 0.25) is 10.0 Å². The van der Waals surface area contributed by atoms with Gasteiger partial charge in [-0.2, -0.15) is 5.10 Å². The fourth-order valence-corrected chi connectivity index (χ4v) is 3.44. The summed E-state index contributed by atoms with van der Waals surface area (Å²) in [5.41, 5.74) is 5.02. The van der Waals surface area contributed by atoms with E-state index in [2.05, 4.69) is 20.7 Å². The predicted octanol–water partition coefficient (Wildman–Crippen LogP) is 3.80. The van der Waals surface area contributed by atoms with Crippen molar-refractivity contribution in [3.8, 4) is 11.1 Å². The summed E-state index contributed by atoms with van der Waals surface area (Å²) in [4.78, 5) is 25.3. The number of halogens is 2. The summed E-state index contributed by atoms with van der Waals surface area (Å²) < 4.78 is 2.60. The van der Waals surface area contributed by atoms with Crippen LogP contribution in [-0.2, 0) is 0 Å². The molecular weight excluding hydrogens is 439 g/mol. The molecule has 0 aliphatic carbocycles. The van der Waals surface area contributed by atoms with Crippen molar-refractivity contribution >= 4 is 45.8 Å². The molecule has 2 aromatic carbocycles. The van der Waals surface area contributed by atoms with E-state index in [1.54, 1.807) is 53.2 Å². The zero-order valence-corrected chi connectivity index (χ0v) is 17.2. The van der Waals surface area contributed by atoms with E-state index in [1.807, 2.05) is 12.1 Å². The number of benzene rings is 2. The van der Waals surface area contributed by atoms with E-state index in [0.717, 1.165) is 15.8 Å². The van der Waals surface area contributed by atoms with Crippen LogP contribution in [0.1, 0.15) is 10.4 Å². The molecule has 0 saturated heterocycles. The second-order valence-corrected chi connectivity index (χ2v) is 7.55. The number of fused-ring (bicyclic) bond motifs is 3. The van der Waals surface area contributed by atoms with E-state index >= 15 is 0 Å². The highest BCUT2D eigenvalue weighted by Gasteiger charge is 2.15. The molecule has 3 heterocycles. The number of carbonyl (C=O) groups is 1. The van der Waals surface area contributed by atoms with Gasteiger partial charge in [-0.3, -0.25) is 15.0 Å². The molecule has 10 heteroatoms. The van der Waals surface area contributed by atoms with Crippen molar-refractivity contribution in [2.75, 3.05) is 5.43 Å². The standard InChI is InChI=1S/C21H12Cl2N6O2/c22-14-5-1-12(2-6-14)16-11-24-29-17-9-10-28(21(31)18(17)25-26-19(16)29)27-20(30)13-3-7-15(23)8-4-13/h1-11H,(H,27,30). The number of carbonyl (C=O) groups excluding carboxylic acids is 1. The molecule has 5 aromatic rings. The van der Waals surface area contributed by atoms with Gasteiger partial charge in [-0.25, -0.2) is 9.19 Å². The lowest BCUT2D eigenvalue weighted by Crippen LogP contribution is -2.33. The van der Waals surface area contributed by atoms with Gasteiger partial charge in [-0.15, -0.1) is 10.2 Å². The van der Waals surface area contributed by atoms with Crippen molar-refractivity contribution in [3.63, 3.8) is 0 Å². The van der Waals surface area contributed by atoms with Crippen LogP contribution in [0.4, 0.5) is 0 Å². The number of hydrogen-bond acceptors (Lipinski definition) is 5. The lowest BCUT2D eigenvalue weighted by molar-refractivity contribution is 0.101. The van der Waals surface area contributed by atoms with Gasteiger partial charge in [0.25, 0.3) is 11.5 Å². The van der Waals surface area contributed by atoms with Crippen LogP contribution in [0, 0.1) is 0 Å². The number of hydrogen-bond donors (Lipinski definition) is 1. The minimum atomic E-state index is -0.530. The molecule has 31 heavy (non-hydrogen) atoms. The number of nitrogens with one attached hydrogen (secondary N) is 1. The summed E-state index contributed by atoms with van der Waals surface area (Å²) in [6.45, 7) is 0. The molecule has 0 fully saturated rings. The van der Waals surface area contributed by atoms with Gasteiger partial charge in [0, 0.05) is 27.4 Å². The number of aromatic nitrogens is 5. The first-order valence-corrected chi connectivity index (χ1v) is 9.85. The van der Waals surface area contributed by atoms with Crippen molar-refractivity contribution in [1.29, 1.82) is 0 Å².